The minimum atomic E-state index is 0.481. The average Bonchev–Trinajstić information content (AvgIpc) is 2.57. The maximum atomic E-state index is 2.65. The fourth-order valence-corrected chi connectivity index (χ4v) is 8.73. The summed E-state index contributed by atoms with van der Waals surface area (Å²) in [4.78, 5) is 0. The molecular weight excluding hydrogens is 398 g/mol. The molecule has 22 heavy (non-hydrogen) atoms. The van der Waals surface area contributed by atoms with E-state index in [0.717, 1.165) is 5.92 Å². The topological polar surface area (TPSA) is 0 Å². The van der Waals surface area contributed by atoms with E-state index in [-0.39, 0.29) is 0 Å². The van der Waals surface area contributed by atoms with E-state index in [0.29, 0.717) is 29.9 Å². The molecule has 0 heterocycles. The first-order valence-electron chi connectivity index (χ1n) is 8.08. The van der Waals surface area contributed by atoms with Gasteiger partial charge in [-0.25, -0.2) is 0 Å². The number of benzene rings is 2. The third-order valence-corrected chi connectivity index (χ3v) is 9.31. The van der Waals surface area contributed by atoms with Crippen molar-refractivity contribution in [2.24, 2.45) is 5.92 Å². The third kappa shape index (κ3) is 5.14. The van der Waals surface area contributed by atoms with Crippen molar-refractivity contribution in [3.8, 4) is 0 Å². The molecule has 0 amide bonds. The quantitative estimate of drug-likeness (QED) is 0.650. The molecule has 1 aliphatic carbocycles. The van der Waals surface area contributed by atoms with Gasteiger partial charge in [0.1, 0.15) is 0 Å². The molecule has 0 spiro atoms. The monoisotopic (exact) mass is 422 g/mol. The van der Waals surface area contributed by atoms with Crippen LogP contribution in [0.3, 0.4) is 0 Å². The summed E-state index contributed by atoms with van der Waals surface area (Å²) in [6.07, 6.45) is 9.74. The van der Waals surface area contributed by atoms with Gasteiger partial charge >= 0.3 is 147 Å². The molecule has 0 saturated heterocycles. The van der Waals surface area contributed by atoms with Gasteiger partial charge in [-0.05, 0) is 0 Å². The molecule has 0 nitrogen and oxygen atoms in total. The van der Waals surface area contributed by atoms with Crippen molar-refractivity contribution in [2.45, 2.75) is 32.1 Å². The second-order valence-corrected chi connectivity index (χ2v) is 11.7. The molecular formula is C20H22Se2. The van der Waals surface area contributed by atoms with Crippen molar-refractivity contribution in [1.29, 1.82) is 0 Å². The summed E-state index contributed by atoms with van der Waals surface area (Å²) in [7, 11) is 0. The van der Waals surface area contributed by atoms with Crippen LogP contribution >= 0.6 is 0 Å². The second-order valence-electron chi connectivity index (χ2n) is 5.71. The van der Waals surface area contributed by atoms with Crippen LogP contribution in [-0.2, 0) is 0 Å². The zero-order chi connectivity index (χ0) is 15.0. The molecule has 0 radical (unpaired) electrons. The Morgan fingerprint density at radius 2 is 1.23 bits per heavy atom. The SMILES string of the molecule is C(=C([Se]c1ccccc1)[Se]c1ccccc1)C1CCCCC1. The molecule has 2 aromatic carbocycles. The van der Waals surface area contributed by atoms with Crippen LogP contribution in [0.4, 0.5) is 0 Å². The molecule has 1 aliphatic rings. The standard InChI is InChI=1S/C20H22Se2/c1-4-10-17(11-5-1)16-20(21-18-12-6-2-7-13-18)22-19-14-8-3-9-15-19/h2-3,6-9,12-17H,1,4-5,10-11H2. The zero-order valence-corrected chi connectivity index (χ0v) is 16.2. The zero-order valence-electron chi connectivity index (χ0n) is 12.8. The first kappa shape index (κ1) is 16.1. The van der Waals surface area contributed by atoms with Gasteiger partial charge in [-0.1, -0.05) is 0 Å². The molecule has 2 aromatic rings. The van der Waals surface area contributed by atoms with Gasteiger partial charge in [0.2, 0.25) is 0 Å². The predicted octanol–water partition coefficient (Wildman–Crippen LogP) is 3.47. The van der Waals surface area contributed by atoms with Crippen molar-refractivity contribution < 1.29 is 0 Å². The Labute approximate surface area is 146 Å². The van der Waals surface area contributed by atoms with Gasteiger partial charge in [-0.3, -0.25) is 0 Å². The Morgan fingerprint density at radius 3 is 1.73 bits per heavy atom. The van der Waals surface area contributed by atoms with E-state index in [1.54, 1.807) is 3.37 Å². The van der Waals surface area contributed by atoms with E-state index in [2.05, 4.69) is 66.7 Å². The summed E-state index contributed by atoms with van der Waals surface area (Å²) in [5, 5.41) is 0. The predicted molar refractivity (Wildman–Crippen MR) is 98.3 cm³/mol. The van der Waals surface area contributed by atoms with Gasteiger partial charge in [0.25, 0.3) is 0 Å². The molecule has 0 N–H and O–H groups in total. The van der Waals surface area contributed by atoms with Gasteiger partial charge in [0, 0.05) is 0 Å². The summed E-state index contributed by atoms with van der Waals surface area (Å²) in [5.74, 6) is 0.833. The van der Waals surface area contributed by atoms with Gasteiger partial charge in [-0.2, -0.15) is 0 Å². The van der Waals surface area contributed by atoms with Crippen LogP contribution in [0.2, 0.25) is 0 Å². The Hall–Kier alpha value is -0.781. The maximum absolute atomic E-state index is 2.65. The average molecular weight is 420 g/mol. The van der Waals surface area contributed by atoms with Crippen LogP contribution in [-0.4, -0.2) is 29.9 Å². The summed E-state index contributed by atoms with van der Waals surface area (Å²) >= 11 is 0.961. The summed E-state index contributed by atoms with van der Waals surface area (Å²) in [5.41, 5.74) is 0. The van der Waals surface area contributed by atoms with Gasteiger partial charge < -0.3 is 0 Å². The molecule has 0 aromatic heterocycles. The third-order valence-electron chi connectivity index (χ3n) is 3.94. The van der Waals surface area contributed by atoms with Gasteiger partial charge in [0.05, 0.1) is 0 Å². The molecule has 0 atom stereocenters. The molecule has 1 fully saturated rings. The molecule has 0 bridgehead atoms. The van der Waals surface area contributed by atoms with E-state index in [4.69, 9.17) is 0 Å². The van der Waals surface area contributed by atoms with Crippen LogP contribution in [0.1, 0.15) is 32.1 Å². The van der Waals surface area contributed by atoms with Gasteiger partial charge in [-0.15, -0.1) is 0 Å². The summed E-state index contributed by atoms with van der Waals surface area (Å²) < 4.78 is 4.73. The van der Waals surface area contributed by atoms with E-state index in [9.17, 15) is 0 Å². The number of allylic oxidation sites excluding steroid dienone is 1. The summed E-state index contributed by atoms with van der Waals surface area (Å²) in [6, 6.07) is 22.1. The molecule has 0 aliphatic heterocycles. The molecule has 114 valence electrons. The number of hydrogen-bond donors (Lipinski definition) is 0. The number of rotatable bonds is 5. The summed E-state index contributed by atoms with van der Waals surface area (Å²) in [6.45, 7) is 0. The number of hydrogen-bond acceptors (Lipinski definition) is 0. The Morgan fingerprint density at radius 1 is 0.727 bits per heavy atom. The van der Waals surface area contributed by atoms with Crippen molar-refractivity contribution >= 4 is 38.8 Å². The van der Waals surface area contributed by atoms with Gasteiger partial charge in [0.15, 0.2) is 0 Å². The van der Waals surface area contributed by atoms with Crippen LogP contribution in [0, 0.1) is 5.92 Å². The van der Waals surface area contributed by atoms with Crippen molar-refractivity contribution in [3.05, 3.63) is 70.1 Å². The van der Waals surface area contributed by atoms with Crippen LogP contribution in [0.15, 0.2) is 70.1 Å². The second kappa shape index (κ2) is 8.75. The van der Waals surface area contributed by atoms with Crippen molar-refractivity contribution in [2.75, 3.05) is 0 Å². The van der Waals surface area contributed by atoms with E-state index < -0.39 is 0 Å². The van der Waals surface area contributed by atoms with Crippen LogP contribution in [0.25, 0.3) is 0 Å². The Kier molecular flexibility index (Phi) is 6.40. The fourth-order valence-electron chi connectivity index (χ4n) is 2.79. The first-order valence-corrected chi connectivity index (χ1v) is 11.5. The minimum absolute atomic E-state index is 0.481. The van der Waals surface area contributed by atoms with E-state index >= 15 is 0 Å². The molecule has 2 heteroatoms. The van der Waals surface area contributed by atoms with Crippen molar-refractivity contribution in [1.82, 2.24) is 0 Å². The van der Waals surface area contributed by atoms with E-state index in [1.807, 2.05) is 0 Å². The molecule has 3 rings (SSSR count). The van der Waals surface area contributed by atoms with E-state index in [1.165, 1.54) is 41.0 Å². The van der Waals surface area contributed by atoms with Crippen LogP contribution in [0.5, 0.6) is 0 Å². The molecule has 0 unspecified atom stereocenters. The first-order chi connectivity index (χ1) is 10.9. The normalized spacial score (nSPS) is 15.5. The molecule has 1 saturated carbocycles. The van der Waals surface area contributed by atoms with Crippen molar-refractivity contribution in [3.63, 3.8) is 0 Å². The fraction of sp³-hybridized carbons (Fsp3) is 0.300. The Balaban J connectivity index is 1.76. The Bertz CT molecular complexity index is 540. The van der Waals surface area contributed by atoms with Crippen LogP contribution < -0.4 is 8.92 Å².